The molecule has 0 radical (unpaired) electrons. The Labute approximate surface area is 113 Å². The lowest BCUT2D eigenvalue weighted by molar-refractivity contribution is 0.730. The first kappa shape index (κ1) is 12.2. The molecule has 1 aliphatic rings. The molecule has 2 aromatic rings. The first-order valence-electron chi connectivity index (χ1n) is 6.94. The van der Waals surface area contributed by atoms with Gasteiger partial charge in [-0.3, -0.25) is 0 Å². The van der Waals surface area contributed by atoms with Gasteiger partial charge in [0.25, 0.3) is 0 Å². The average molecular weight is 259 g/mol. The van der Waals surface area contributed by atoms with Gasteiger partial charge in [0.2, 0.25) is 0 Å². The topological polar surface area (TPSA) is 12.0 Å². The standard InChI is InChI=1S/C16H21NS/c1-4-17-9-14-15(12-5-6-12)13-8-10(2)7-11(3)16(13)18-14/h7-8,12,17H,4-6,9H2,1-3H3. The number of fused-ring (bicyclic) bond motifs is 1. The molecule has 18 heavy (non-hydrogen) atoms. The van der Waals surface area contributed by atoms with E-state index in [0.717, 1.165) is 19.0 Å². The van der Waals surface area contributed by atoms with Crippen LogP contribution in [0.4, 0.5) is 0 Å². The third-order valence-corrected chi connectivity index (χ3v) is 5.11. The molecular formula is C16H21NS. The minimum absolute atomic E-state index is 0.841. The summed E-state index contributed by atoms with van der Waals surface area (Å²) in [4.78, 5) is 1.57. The van der Waals surface area contributed by atoms with E-state index in [0.29, 0.717) is 0 Å². The van der Waals surface area contributed by atoms with Crippen molar-refractivity contribution in [2.24, 2.45) is 0 Å². The summed E-state index contributed by atoms with van der Waals surface area (Å²) in [6.07, 6.45) is 2.77. The van der Waals surface area contributed by atoms with Gasteiger partial charge in [0.15, 0.2) is 0 Å². The zero-order chi connectivity index (χ0) is 12.7. The van der Waals surface area contributed by atoms with Gasteiger partial charge in [-0.15, -0.1) is 11.3 Å². The van der Waals surface area contributed by atoms with Gasteiger partial charge in [0, 0.05) is 16.1 Å². The molecule has 0 amide bonds. The van der Waals surface area contributed by atoms with Crippen LogP contribution in [0.1, 0.15) is 47.3 Å². The molecule has 1 aromatic heterocycles. The van der Waals surface area contributed by atoms with Crippen molar-refractivity contribution in [1.29, 1.82) is 0 Å². The van der Waals surface area contributed by atoms with Crippen LogP contribution >= 0.6 is 11.3 Å². The van der Waals surface area contributed by atoms with Crippen molar-refractivity contribution in [3.8, 4) is 0 Å². The van der Waals surface area contributed by atoms with Crippen LogP contribution in [0.2, 0.25) is 0 Å². The molecule has 0 saturated heterocycles. The van der Waals surface area contributed by atoms with Gasteiger partial charge in [-0.1, -0.05) is 24.6 Å². The Morgan fingerprint density at radius 3 is 2.72 bits per heavy atom. The lowest BCUT2D eigenvalue weighted by Crippen LogP contribution is -2.11. The molecule has 3 rings (SSSR count). The van der Waals surface area contributed by atoms with Crippen molar-refractivity contribution < 1.29 is 0 Å². The van der Waals surface area contributed by atoms with E-state index in [2.05, 4.69) is 38.2 Å². The molecule has 0 spiro atoms. The number of nitrogens with one attached hydrogen (secondary N) is 1. The van der Waals surface area contributed by atoms with Gasteiger partial charge in [-0.25, -0.2) is 0 Å². The molecular weight excluding hydrogens is 238 g/mol. The Morgan fingerprint density at radius 1 is 1.28 bits per heavy atom. The summed E-state index contributed by atoms with van der Waals surface area (Å²) in [6.45, 7) is 8.74. The molecule has 1 aromatic carbocycles. The highest BCUT2D eigenvalue weighted by Crippen LogP contribution is 2.48. The van der Waals surface area contributed by atoms with E-state index in [1.807, 2.05) is 11.3 Å². The Kier molecular flexibility index (Phi) is 3.16. The predicted molar refractivity (Wildman–Crippen MR) is 80.7 cm³/mol. The molecule has 1 N–H and O–H groups in total. The number of hydrogen-bond acceptors (Lipinski definition) is 2. The Morgan fingerprint density at radius 2 is 2.06 bits per heavy atom. The highest BCUT2D eigenvalue weighted by atomic mass is 32.1. The molecule has 1 aliphatic carbocycles. The quantitative estimate of drug-likeness (QED) is 0.852. The summed E-state index contributed by atoms with van der Waals surface area (Å²) >= 11 is 2.00. The zero-order valence-electron chi connectivity index (χ0n) is 11.5. The maximum Gasteiger partial charge on any atom is 0.0378 e. The van der Waals surface area contributed by atoms with Gasteiger partial charge in [-0.2, -0.15) is 0 Å². The van der Waals surface area contributed by atoms with E-state index < -0.39 is 0 Å². The van der Waals surface area contributed by atoms with Crippen molar-refractivity contribution in [3.63, 3.8) is 0 Å². The number of rotatable bonds is 4. The molecule has 1 fully saturated rings. The van der Waals surface area contributed by atoms with Crippen molar-refractivity contribution in [1.82, 2.24) is 5.32 Å². The summed E-state index contributed by atoms with van der Waals surface area (Å²) in [5.74, 6) is 0.841. The van der Waals surface area contributed by atoms with Gasteiger partial charge in [-0.05, 0) is 55.7 Å². The highest BCUT2D eigenvalue weighted by molar-refractivity contribution is 7.19. The SMILES string of the molecule is CCNCc1sc2c(C)cc(C)cc2c1C1CC1. The molecule has 0 bridgehead atoms. The minimum Gasteiger partial charge on any atom is -0.312 e. The zero-order valence-corrected chi connectivity index (χ0v) is 12.3. The molecule has 2 heteroatoms. The molecule has 0 unspecified atom stereocenters. The smallest absolute Gasteiger partial charge is 0.0378 e. The lowest BCUT2D eigenvalue weighted by atomic mass is 10.0. The van der Waals surface area contributed by atoms with Crippen LogP contribution in [0, 0.1) is 13.8 Å². The number of aryl methyl sites for hydroxylation is 2. The summed E-state index contributed by atoms with van der Waals surface area (Å²) in [5, 5.41) is 5.03. The summed E-state index contributed by atoms with van der Waals surface area (Å²) in [6, 6.07) is 4.70. The third-order valence-electron chi connectivity index (χ3n) is 3.76. The maximum absolute atomic E-state index is 3.49. The van der Waals surface area contributed by atoms with Crippen molar-refractivity contribution in [3.05, 3.63) is 33.7 Å². The predicted octanol–water partition coefficient (Wildman–Crippen LogP) is 4.51. The van der Waals surface area contributed by atoms with Gasteiger partial charge >= 0.3 is 0 Å². The van der Waals surface area contributed by atoms with Crippen LogP contribution in [0.3, 0.4) is 0 Å². The average Bonchev–Trinajstić information content (AvgIpc) is 3.09. The number of thiophene rings is 1. The van der Waals surface area contributed by atoms with Crippen LogP contribution in [0.25, 0.3) is 10.1 Å². The molecule has 0 aliphatic heterocycles. The van der Waals surface area contributed by atoms with Crippen LogP contribution in [-0.2, 0) is 6.54 Å². The van der Waals surface area contributed by atoms with E-state index >= 15 is 0 Å². The fourth-order valence-corrected chi connectivity index (χ4v) is 4.11. The first-order valence-corrected chi connectivity index (χ1v) is 7.75. The maximum atomic E-state index is 3.49. The minimum atomic E-state index is 0.841. The molecule has 0 atom stereocenters. The highest BCUT2D eigenvalue weighted by Gasteiger charge is 2.29. The van der Waals surface area contributed by atoms with Gasteiger partial charge in [0.05, 0.1) is 0 Å². The third kappa shape index (κ3) is 2.08. The summed E-state index contributed by atoms with van der Waals surface area (Å²) in [5.41, 5.74) is 4.50. The normalized spacial score (nSPS) is 15.5. The fraction of sp³-hybridized carbons (Fsp3) is 0.500. The van der Waals surface area contributed by atoms with Crippen molar-refractivity contribution in [2.75, 3.05) is 6.54 Å². The first-order chi connectivity index (χ1) is 8.70. The fourth-order valence-electron chi connectivity index (χ4n) is 2.81. The lowest BCUT2D eigenvalue weighted by Gasteiger charge is -2.04. The Balaban J connectivity index is 2.16. The number of hydrogen-bond donors (Lipinski definition) is 1. The van der Waals surface area contributed by atoms with Crippen LogP contribution in [-0.4, -0.2) is 6.54 Å². The second-order valence-electron chi connectivity index (χ2n) is 5.45. The monoisotopic (exact) mass is 259 g/mol. The number of benzene rings is 1. The van der Waals surface area contributed by atoms with Crippen LogP contribution in [0.15, 0.2) is 12.1 Å². The summed E-state index contributed by atoms with van der Waals surface area (Å²) in [7, 11) is 0. The molecule has 1 saturated carbocycles. The van der Waals surface area contributed by atoms with Crippen molar-refractivity contribution in [2.45, 2.75) is 46.1 Å². The van der Waals surface area contributed by atoms with E-state index in [9.17, 15) is 0 Å². The second-order valence-corrected chi connectivity index (χ2v) is 6.56. The van der Waals surface area contributed by atoms with E-state index in [1.165, 1.54) is 34.1 Å². The second kappa shape index (κ2) is 4.67. The molecule has 96 valence electrons. The largest absolute Gasteiger partial charge is 0.312 e. The Hall–Kier alpha value is -0.860. The van der Waals surface area contributed by atoms with Crippen LogP contribution in [0.5, 0.6) is 0 Å². The summed E-state index contributed by atoms with van der Waals surface area (Å²) < 4.78 is 1.51. The molecule has 1 nitrogen and oxygen atoms in total. The van der Waals surface area contributed by atoms with Crippen LogP contribution < -0.4 is 5.32 Å². The van der Waals surface area contributed by atoms with E-state index in [4.69, 9.17) is 0 Å². The van der Waals surface area contributed by atoms with E-state index in [-0.39, 0.29) is 0 Å². The van der Waals surface area contributed by atoms with Gasteiger partial charge < -0.3 is 5.32 Å². The van der Waals surface area contributed by atoms with E-state index in [1.54, 1.807) is 10.4 Å². The molecule has 1 heterocycles. The van der Waals surface area contributed by atoms with Gasteiger partial charge in [0.1, 0.15) is 0 Å². The van der Waals surface area contributed by atoms with Crippen molar-refractivity contribution >= 4 is 21.4 Å². The Bertz CT molecular complexity index is 578.